The molecule has 8 nitrogen and oxygen atoms in total. The van der Waals surface area contributed by atoms with Gasteiger partial charge in [-0.15, -0.1) is 0 Å². The Bertz CT molecular complexity index is 1080. The van der Waals surface area contributed by atoms with E-state index < -0.39 is 0 Å². The molecule has 2 heterocycles. The van der Waals surface area contributed by atoms with Gasteiger partial charge in [0.1, 0.15) is 12.4 Å². The third kappa shape index (κ3) is 3.60. The summed E-state index contributed by atoms with van der Waals surface area (Å²) in [7, 11) is 1.85. The Balaban J connectivity index is 1.59. The minimum atomic E-state index is -0.379. The first-order valence-corrected chi connectivity index (χ1v) is 9.50. The van der Waals surface area contributed by atoms with Gasteiger partial charge in [0.05, 0.1) is 16.9 Å². The molecule has 28 heavy (non-hydrogen) atoms. The number of hydrogen-bond donors (Lipinski definition) is 0. The largest absolute Gasteiger partial charge is 0.351 e. The average Bonchev–Trinajstić information content (AvgIpc) is 3.37. The molecule has 3 aromatic rings. The lowest BCUT2D eigenvalue weighted by Gasteiger charge is -2.22. The first kappa shape index (κ1) is 18.5. The second-order valence-corrected chi connectivity index (χ2v) is 7.46. The number of aryl methyl sites for hydroxylation is 2. The zero-order valence-electron chi connectivity index (χ0n) is 15.7. The van der Waals surface area contributed by atoms with Gasteiger partial charge in [0, 0.05) is 31.4 Å². The molecule has 0 unspecified atom stereocenters. The highest BCUT2D eigenvalue weighted by Crippen LogP contribution is 2.28. The number of carbonyl (C=O) groups excluding carboxylic acids is 1. The number of halogens is 1. The van der Waals surface area contributed by atoms with Gasteiger partial charge < -0.3 is 4.90 Å². The molecule has 4 rings (SSSR count). The normalized spacial score (nSPS) is 13.7. The number of amides is 1. The van der Waals surface area contributed by atoms with Crippen molar-refractivity contribution in [2.75, 3.05) is 0 Å². The zero-order valence-corrected chi connectivity index (χ0v) is 16.5. The molecule has 0 bridgehead atoms. The van der Waals surface area contributed by atoms with Crippen LogP contribution in [0.5, 0.6) is 0 Å². The minimum absolute atomic E-state index is 0.0497. The van der Waals surface area contributed by atoms with Crippen molar-refractivity contribution in [1.29, 1.82) is 0 Å². The van der Waals surface area contributed by atoms with Crippen LogP contribution in [0, 0.1) is 6.92 Å². The highest BCUT2D eigenvalue weighted by atomic mass is 35.5. The van der Waals surface area contributed by atoms with Crippen molar-refractivity contribution < 1.29 is 4.79 Å². The number of rotatable bonds is 6. The van der Waals surface area contributed by atoms with Gasteiger partial charge in [0.25, 0.3) is 0 Å². The summed E-state index contributed by atoms with van der Waals surface area (Å²) in [6, 6.07) is 7.22. The third-order valence-electron chi connectivity index (χ3n) is 4.84. The molecule has 1 fully saturated rings. The monoisotopic (exact) mass is 400 g/mol. The van der Waals surface area contributed by atoms with E-state index in [0.29, 0.717) is 23.1 Å². The molecule has 146 valence electrons. The Morgan fingerprint density at radius 2 is 2.07 bits per heavy atom. The molecular formula is C19H21ClN6O2. The van der Waals surface area contributed by atoms with Crippen molar-refractivity contribution in [3.63, 3.8) is 0 Å². The van der Waals surface area contributed by atoms with E-state index in [9.17, 15) is 9.59 Å². The van der Waals surface area contributed by atoms with Crippen LogP contribution >= 0.6 is 11.6 Å². The Kier molecular flexibility index (Phi) is 4.80. The average molecular weight is 401 g/mol. The van der Waals surface area contributed by atoms with E-state index in [1.807, 2.05) is 18.1 Å². The second-order valence-electron chi connectivity index (χ2n) is 7.05. The molecule has 2 aromatic heterocycles. The van der Waals surface area contributed by atoms with E-state index in [1.54, 1.807) is 42.1 Å². The van der Waals surface area contributed by atoms with Gasteiger partial charge in [-0.2, -0.15) is 14.9 Å². The van der Waals surface area contributed by atoms with Gasteiger partial charge in [0.2, 0.25) is 5.91 Å². The quantitative estimate of drug-likeness (QED) is 0.633. The number of benzene rings is 1. The van der Waals surface area contributed by atoms with Crippen molar-refractivity contribution in [2.45, 2.75) is 38.9 Å². The van der Waals surface area contributed by atoms with Crippen LogP contribution in [0.4, 0.5) is 0 Å². The van der Waals surface area contributed by atoms with Crippen LogP contribution in [0.1, 0.15) is 24.2 Å². The van der Waals surface area contributed by atoms with E-state index in [4.69, 9.17) is 11.6 Å². The van der Waals surface area contributed by atoms with Crippen molar-refractivity contribution in [3.05, 3.63) is 63.6 Å². The summed E-state index contributed by atoms with van der Waals surface area (Å²) in [6.45, 7) is 2.15. The van der Waals surface area contributed by atoms with Crippen molar-refractivity contribution in [1.82, 2.24) is 29.0 Å². The smallest absolute Gasteiger partial charge is 0.334 e. The molecule has 1 aliphatic rings. The highest BCUT2D eigenvalue weighted by molar-refractivity contribution is 6.32. The fourth-order valence-corrected chi connectivity index (χ4v) is 3.46. The molecule has 1 aromatic carbocycles. The molecule has 0 N–H and O–H groups in total. The summed E-state index contributed by atoms with van der Waals surface area (Å²) >= 11 is 6.20. The van der Waals surface area contributed by atoms with Gasteiger partial charge >= 0.3 is 5.69 Å². The fraction of sp³-hybridized carbons (Fsp3) is 0.368. The number of para-hydroxylation sites is 1. The Hall–Kier alpha value is -2.87. The fourth-order valence-electron chi connectivity index (χ4n) is 3.24. The molecule has 0 spiro atoms. The highest BCUT2D eigenvalue weighted by Gasteiger charge is 2.33. The minimum Gasteiger partial charge on any atom is -0.334 e. The van der Waals surface area contributed by atoms with Crippen LogP contribution < -0.4 is 5.69 Å². The zero-order chi connectivity index (χ0) is 19.8. The standard InChI is InChI=1S/C19H21ClN6O2/c1-13-22-26(17-6-4-3-5-16(17)20)19(28)24(13)12-18(27)25(15-7-8-15)11-14-9-21-23(2)10-14/h3-6,9-10,15H,7-8,11-12H2,1-2H3. The van der Waals surface area contributed by atoms with Gasteiger partial charge in [-0.3, -0.25) is 14.0 Å². The summed E-state index contributed by atoms with van der Waals surface area (Å²) < 4.78 is 4.35. The third-order valence-corrected chi connectivity index (χ3v) is 5.16. The Morgan fingerprint density at radius 3 is 2.71 bits per heavy atom. The summed E-state index contributed by atoms with van der Waals surface area (Å²) in [5.41, 5.74) is 1.09. The molecular weight excluding hydrogens is 380 g/mol. The molecule has 0 aliphatic heterocycles. The molecule has 9 heteroatoms. The SMILES string of the molecule is Cc1nn(-c2ccccc2Cl)c(=O)n1CC(=O)N(Cc1cnn(C)c1)C1CC1. The number of aromatic nitrogens is 5. The summed E-state index contributed by atoms with van der Waals surface area (Å²) in [5.74, 6) is 0.366. The first-order chi connectivity index (χ1) is 13.4. The van der Waals surface area contributed by atoms with Crippen molar-refractivity contribution >= 4 is 17.5 Å². The van der Waals surface area contributed by atoms with Crippen LogP contribution in [-0.2, 0) is 24.9 Å². The topological polar surface area (TPSA) is 78.0 Å². The maximum atomic E-state index is 13.0. The summed E-state index contributed by atoms with van der Waals surface area (Å²) in [6.07, 6.45) is 5.63. The van der Waals surface area contributed by atoms with Crippen LogP contribution in [0.2, 0.25) is 5.02 Å². The van der Waals surface area contributed by atoms with Crippen molar-refractivity contribution in [3.8, 4) is 5.69 Å². The van der Waals surface area contributed by atoms with E-state index in [1.165, 1.54) is 9.25 Å². The molecule has 0 radical (unpaired) electrons. The molecule has 1 amide bonds. The lowest BCUT2D eigenvalue weighted by molar-refractivity contribution is -0.133. The molecule has 0 atom stereocenters. The van der Waals surface area contributed by atoms with Gasteiger partial charge in [-0.05, 0) is 31.9 Å². The lowest BCUT2D eigenvalue weighted by atomic mass is 10.3. The van der Waals surface area contributed by atoms with Gasteiger partial charge in [-0.1, -0.05) is 23.7 Å². The number of carbonyl (C=O) groups is 1. The van der Waals surface area contributed by atoms with E-state index >= 15 is 0 Å². The number of nitrogens with zero attached hydrogens (tertiary/aromatic N) is 6. The molecule has 0 saturated heterocycles. The maximum absolute atomic E-state index is 13.0. The van der Waals surface area contributed by atoms with Gasteiger partial charge in [0.15, 0.2) is 0 Å². The van der Waals surface area contributed by atoms with Crippen LogP contribution in [-0.4, -0.2) is 41.0 Å². The van der Waals surface area contributed by atoms with Crippen LogP contribution in [0.25, 0.3) is 5.69 Å². The predicted molar refractivity (Wildman–Crippen MR) is 104 cm³/mol. The Labute approximate surface area is 166 Å². The van der Waals surface area contributed by atoms with E-state index in [0.717, 1.165) is 18.4 Å². The predicted octanol–water partition coefficient (Wildman–Crippen LogP) is 1.92. The maximum Gasteiger partial charge on any atom is 0.351 e. The number of hydrogen-bond acceptors (Lipinski definition) is 4. The van der Waals surface area contributed by atoms with Crippen molar-refractivity contribution in [2.24, 2.45) is 7.05 Å². The van der Waals surface area contributed by atoms with E-state index in [-0.39, 0.29) is 24.2 Å². The second kappa shape index (κ2) is 7.27. The molecule has 1 aliphatic carbocycles. The summed E-state index contributed by atoms with van der Waals surface area (Å²) in [5, 5.41) is 8.89. The molecule has 1 saturated carbocycles. The van der Waals surface area contributed by atoms with Gasteiger partial charge in [-0.25, -0.2) is 4.79 Å². The van der Waals surface area contributed by atoms with Crippen LogP contribution in [0.15, 0.2) is 41.5 Å². The Morgan fingerprint density at radius 1 is 1.32 bits per heavy atom. The van der Waals surface area contributed by atoms with Crippen LogP contribution in [0.3, 0.4) is 0 Å². The lowest BCUT2D eigenvalue weighted by Crippen LogP contribution is -2.38. The summed E-state index contributed by atoms with van der Waals surface area (Å²) in [4.78, 5) is 27.7. The first-order valence-electron chi connectivity index (χ1n) is 9.12. The van der Waals surface area contributed by atoms with E-state index in [2.05, 4.69) is 10.2 Å².